The Balaban J connectivity index is 1.84. The number of H-pyrrole nitrogens is 1. The third-order valence-corrected chi connectivity index (χ3v) is 3.41. The SMILES string of the molecule is O=C(/C=C/c1cc2ccccc2[nH]c1=O)Nc1c(F)cccc1F. The van der Waals surface area contributed by atoms with Crippen LogP contribution in [0.25, 0.3) is 17.0 Å². The third kappa shape index (κ3) is 3.22. The van der Waals surface area contributed by atoms with E-state index in [2.05, 4.69) is 10.3 Å². The molecule has 24 heavy (non-hydrogen) atoms. The number of para-hydroxylation sites is 2. The highest BCUT2D eigenvalue weighted by molar-refractivity contribution is 6.02. The van der Waals surface area contributed by atoms with Crippen LogP contribution in [0.15, 0.2) is 59.4 Å². The van der Waals surface area contributed by atoms with Crippen molar-refractivity contribution in [2.75, 3.05) is 5.32 Å². The lowest BCUT2D eigenvalue weighted by Gasteiger charge is -2.04. The molecule has 6 heteroatoms. The second-order valence-electron chi connectivity index (χ2n) is 5.06. The van der Waals surface area contributed by atoms with E-state index in [9.17, 15) is 18.4 Å². The number of carbonyl (C=O) groups is 1. The minimum Gasteiger partial charge on any atom is -0.321 e. The maximum atomic E-state index is 13.5. The van der Waals surface area contributed by atoms with Gasteiger partial charge in [0.2, 0.25) is 5.91 Å². The zero-order valence-electron chi connectivity index (χ0n) is 12.3. The summed E-state index contributed by atoms with van der Waals surface area (Å²) in [5, 5.41) is 2.92. The van der Waals surface area contributed by atoms with Gasteiger partial charge in [-0.2, -0.15) is 0 Å². The highest BCUT2D eigenvalue weighted by Gasteiger charge is 2.10. The Morgan fingerprint density at radius 2 is 1.75 bits per heavy atom. The minimum absolute atomic E-state index is 0.262. The number of amides is 1. The minimum atomic E-state index is -0.875. The number of halogens is 2. The molecule has 0 saturated carbocycles. The second kappa shape index (κ2) is 6.45. The van der Waals surface area contributed by atoms with Gasteiger partial charge in [0.15, 0.2) is 0 Å². The number of aromatic nitrogens is 1. The molecule has 2 aromatic carbocycles. The molecule has 0 unspecified atom stereocenters. The standard InChI is InChI=1S/C18H12F2N2O2/c19-13-5-3-6-14(20)17(13)22-16(23)9-8-12-10-11-4-1-2-7-15(11)21-18(12)24/h1-10H,(H,21,24)(H,22,23)/b9-8+. The molecule has 3 aromatic rings. The van der Waals surface area contributed by atoms with E-state index >= 15 is 0 Å². The number of fused-ring (bicyclic) bond motifs is 1. The van der Waals surface area contributed by atoms with Crippen LogP contribution in [-0.2, 0) is 4.79 Å². The monoisotopic (exact) mass is 326 g/mol. The van der Waals surface area contributed by atoms with Crippen LogP contribution in [0.1, 0.15) is 5.56 Å². The molecule has 0 aliphatic rings. The summed E-state index contributed by atoms with van der Waals surface area (Å²) >= 11 is 0. The summed E-state index contributed by atoms with van der Waals surface area (Å²) in [4.78, 5) is 26.5. The van der Waals surface area contributed by atoms with Gasteiger partial charge in [0, 0.05) is 17.2 Å². The van der Waals surface area contributed by atoms with E-state index in [1.54, 1.807) is 18.2 Å². The highest BCUT2D eigenvalue weighted by atomic mass is 19.1. The number of hydrogen-bond acceptors (Lipinski definition) is 2. The molecule has 1 heterocycles. The second-order valence-corrected chi connectivity index (χ2v) is 5.06. The molecule has 2 N–H and O–H groups in total. The zero-order chi connectivity index (χ0) is 17.1. The van der Waals surface area contributed by atoms with Gasteiger partial charge >= 0.3 is 0 Å². The topological polar surface area (TPSA) is 62.0 Å². The van der Waals surface area contributed by atoms with Gasteiger partial charge in [-0.3, -0.25) is 9.59 Å². The van der Waals surface area contributed by atoms with E-state index < -0.39 is 23.2 Å². The smallest absolute Gasteiger partial charge is 0.255 e. The van der Waals surface area contributed by atoms with Crippen molar-refractivity contribution in [1.29, 1.82) is 0 Å². The average Bonchev–Trinajstić information content (AvgIpc) is 2.56. The van der Waals surface area contributed by atoms with Crippen LogP contribution in [0, 0.1) is 11.6 Å². The zero-order valence-corrected chi connectivity index (χ0v) is 12.3. The number of nitrogens with one attached hydrogen (secondary N) is 2. The molecule has 1 aromatic heterocycles. The van der Waals surface area contributed by atoms with Crippen molar-refractivity contribution in [2.24, 2.45) is 0 Å². The van der Waals surface area contributed by atoms with Crippen LogP contribution >= 0.6 is 0 Å². The maximum Gasteiger partial charge on any atom is 0.255 e. The van der Waals surface area contributed by atoms with Crippen molar-refractivity contribution in [3.05, 3.63) is 82.2 Å². The van der Waals surface area contributed by atoms with Crippen molar-refractivity contribution < 1.29 is 13.6 Å². The highest BCUT2D eigenvalue weighted by Crippen LogP contribution is 2.18. The number of anilines is 1. The summed E-state index contributed by atoms with van der Waals surface area (Å²) in [7, 11) is 0. The lowest BCUT2D eigenvalue weighted by Crippen LogP contribution is -2.12. The Labute approximate surface area is 135 Å². The normalized spacial score (nSPS) is 11.1. The first-order valence-electron chi connectivity index (χ1n) is 7.10. The number of carbonyl (C=O) groups excluding carboxylic acids is 1. The van der Waals surface area contributed by atoms with Crippen LogP contribution in [0.3, 0.4) is 0 Å². The van der Waals surface area contributed by atoms with Gasteiger partial charge in [-0.15, -0.1) is 0 Å². The van der Waals surface area contributed by atoms with E-state index in [1.165, 1.54) is 12.1 Å². The number of aromatic amines is 1. The Bertz CT molecular complexity index is 989. The molecule has 3 rings (SSSR count). The fraction of sp³-hybridized carbons (Fsp3) is 0. The molecule has 0 radical (unpaired) electrons. The largest absolute Gasteiger partial charge is 0.321 e. The summed E-state index contributed by atoms with van der Waals surface area (Å²) in [6.45, 7) is 0. The average molecular weight is 326 g/mol. The van der Waals surface area contributed by atoms with E-state index in [0.29, 0.717) is 5.52 Å². The van der Waals surface area contributed by atoms with Gasteiger partial charge in [-0.25, -0.2) is 8.78 Å². The van der Waals surface area contributed by atoms with E-state index in [4.69, 9.17) is 0 Å². The van der Waals surface area contributed by atoms with E-state index in [0.717, 1.165) is 23.6 Å². The summed E-state index contributed by atoms with van der Waals surface area (Å²) < 4.78 is 27.0. The Kier molecular flexibility index (Phi) is 4.20. The number of benzene rings is 2. The molecule has 0 atom stereocenters. The van der Waals surface area contributed by atoms with Crippen LogP contribution in [0.4, 0.5) is 14.5 Å². The first-order valence-corrected chi connectivity index (χ1v) is 7.10. The molecule has 0 saturated heterocycles. The molecular formula is C18H12F2N2O2. The lowest BCUT2D eigenvalue weighted by molar-refractivity contribution is -0.111. The first-order chi connectivity index (χ1) is 11.5. The van der Waals surface area contributed by atoms with Gasteiger partial charge in [0.05, 0.1) is 0 Å². The number of pyridine rings is 1. The van der Waals surface area contributed by atoms with Crippen molar-refractivity contribution in [2.45, 2.75) is 0 Å². The van der Waals surface area contributed by atoms with Gasteiger partial charge in [0.25, 0.3) is 5.56 Å². The molecule has 0 fully saturated rings. The molecule has 0 aliphatic heterocycles. The van der Waals surface area contributed by atoms with Gasteiger partial charge < -0.3 is 10.3 Å². The summed E-state index contributed by atoms with van der Waals surface area (Å²) in [5.74, 6) is -2.49. The predicted octanol–water partition coefficient (Wildman–Crippen LogP) is 3.46. The molecule has 4 nitrogen and oxygen atoms in total. The molecule has 0 aliphatic carbocycles. The van der Waals surface area contributed by atoms with Crippen molar-refractivity contribution >= 4 is 28.6 Å². The van der Waals surface area contributed by atoms with Crippen LogP contribution in [0.2, 0.25) is 0 Å². The molecule has 120 valence electrons. The predicted molar refractivity (Wildman–Crippen MR) is 88.6 cm³/mol. The van der Waals surface area contributed by atoms with E-state index in [1.807, 2.05) is 12.1 Å². The summed E-state index contributed by atoms with van der Waals surface area (Å²) in [6, 6.07) is 12.1. The van der Waals surface area contributed by atoms with Crippen LogP contribution in [0.5, 0.6) is 0 Å². The van der Waals surface area contributed by atoms with Crippen molar-refractivity contribution in [3.8, 4) is 0 Å². The van der Waals surface area contributed by atoms with Crippen molar-refractivity contribution in [1.82, 2.24) is 4.98 Å². The van der Waals surface area contributed by atoms with Crippen LogP contribution in [-0.4, -0.2) is 10.9 Å². The Morgan fingerprint density at radius 3 is 2.50 bits per heavy atom. The van der Waals surface area contributed by atoms with Gasteiger partial charge in [-0.1, -0.05) is 24.3 Å². The Hall–Kier alpha value is -3.28. The number of rotatable bonds is 3. The summed E-state index contributed by atoms with van der Waals surface area (Å²) in [5.41, 5.74) is 0.0461. The Morgan fingerprint density at radius 1 is 1.04 bits per heavy atom. The quantitative estimate of drug-likeness (QED) is 0.724. The van der Waals surface area contributed by atoms with Crippen LogP contribution < -0.4 is 10.9 Å². The molecule has 0 spiro atoms. The molecule has 1 amide bonds. The lowest BCUT2D eigenvalue weighted by atomic mass is 10.1. The fourth-order valence-corrected chi connectivity index (χ4v) is 2.24. The van der Waals surface area contributed by atoms with Gasteiger partial charge in [0.1, 0.15) is 17.3 Å². The van der Waals surface area contributed by atoms with Crippen molar-refractivity contribution in [3.63, 3.8) is 0 Å². The molecular weight excluding hydrogens is 314 g/mol. The third-order valence-electron chi connectivity index (χ3n) is 3.41. The maximum absolute atomic E-state index is 13.5. The first kappa shape index (κ1) is 15.6. The fourth-order valence-electron chi connectivity index (χ4n) is 2.24. The summed E-state index contributed by atoms with van der Waals surface area (Å²) in [6.07, 6.45) is 2.34. The van der Waals surface area contributed by atoms with Gasteiger partial charge in [-0.05, 0) is 35.7 Å². The van der Waals surface area contributed by atoms with E-state index in [-0.39, 0.29) is 11.1 Å². The molecule has 0 bridgehead atoms. The number of hydrogen-bond donors (Lipinski definition) is 2.